The highest BCUT2D eigenvalue weighted by atomic mass is 79.9. The molecule has 2 amide bonds. The Morgan fingerprint density at radius 1 is 1.50 bits per heavy atom. The molecule has 26 heavy (non-hydrogen) atoms. The number of carbonyl (C=O) groups excluding carboxylic acids is 3. The number of alkyl halides is 1. The molecule has 0 radical (unpaired) electrons. The highest BCUT2D eigenvalue weighted by Gasteiger charge is 2.76. The average Bonchev–Trinajstić information content (AvgIpc) is 3.12. The van der Waals surface area contributed by atoms with Gasteiger partial charge in [-0.3, -0.25) is 14.4 Å². The number of halogens is 1. The quantitative estimate of drug-likeness (QED) is 0.445. The first-order valence-electron chi connectivity index (χ1n) is 8.98. The lowest BCUT2D eigenvalue weighted by atomic mass is 9.70. The van der Waals surface area contributed by atoms with Crippen LogP contribution in [0.3, 0.4) is 0 Å². The van der Waals surface area contributed by atoms with E-state index in [1.165, 1.54) is 4.90 Å². The SMILES string of the molecule is CCOC(=O)[C@@H]1[C@H]2O[C@@]3(CC2Br)[C@H](C(=O)NC(C)C)N(CCO)C(=O)[C@@H]13. The van der Waals surface area contributed by atoms with E-state index >= 15 is 0 Å². The molecule has 146 valence electrons. The van der Waals surface area contributed by atoms with Crippen LogP contribution in [0.25, 0.3) is 0 Å². The Hall–Kier alpha value is -1.19. The molecule has 3 heterocycles. The van der Waals surface area contributed by atoms with Gasteiger partial charge in [0.1, 0.15) is 11.6 Å². The molecule has 1 unspecified atom stereocenters. The zero-order valence-electron chi connectivity index (χ0n) is 15.1. The molecule has 3 rings (SSSR count). The van der Waals surface area contributed by atoms with Crippen molar-refractivity contribution in [1.29, 1.82) is 0 Å². The van der Waals surface area contributed by atoms with Crippen LogP contribution in [0.5, 0.6) is 0 Å². The van der Waals surface area contributed by atoms with Crippen molar-refractivity contribution in [1.82, 2.24) is 10.2 Å². The molecule has 2 N–H and O–H groups in total. The van der Waals surface area contributed by atoms with Crippen molar-refractivity contribution < 1.29 is 29.0 Å². The summed E-state index contributed by atoms with van der Waals surface area (Å²) in [5.41, 5.74) is -1.08. The number of hydrogen-bond donors (Lipinski definition) is 2. The van der Waals surface area contributed by atoms with Crippen molar-refractivity contribution in [2.24, 2.45) is 11.8 Å². The van der Waals surface area contributed by atoms with E-state index in [4.69, 9.17) is 9.47 Å². The minimum atomic E-state index is -1.08. The molecular weight excluding hydrogens is 408 g/mol. The zero-order chi connectivity index (χ0) is 19.2. The van der Waals surface area contributed by atoms with Gasteiger partial charge in [0.05, 0.1) is 31.2 Å². The second kappa shape index (κ2) is 7.09. The number of rotatable bonds is 6. The summed E-state index contributed by atoms with van der Waals surface area (Å²) in [7, 11) is 0. The standard InChI is InChI=1S/C17H25BrN2O6/c1-4-25-16(24)10-11-15(23)20(5-6-21)13(14(22)19-8(2)3)17(11)7-9(18)12(10)26-17/h8-13,21H,4-7H2,1-3H3,(H,19,22)/t9?,10-,11+,12-,13-,17+/m0/s1. The molecule has 0 aromatic rings. The maximum absolute atomic E-state index is 13.1. The number of aliphatic hydroxyl groups excluding tert-OH is 1. The molecule has 3 saturated heterocycles. The first-order chi connectivity index (χ1) is 12.3. The van der Waals surface area contributed by atoms with Gasteiger partial charge in [-0.25, -0.2) is 0 Å². The highest BCUT2D eigenvalue weighted by Crippen LogP contribution is 2.60. The van der Waals surface area contributed by atoms with E-state index in [1.54, 1.807) is 6.92 Å². The molecule has 9 heteroatoms. The number of hydrogen-bond acceptors (Lipinski definition) is 6. The summed E-state index contributed by atoms with van der Waals surface area (Å²) in [6, 6.07) is -0.984. The van der Waals surface area contributed by atoms with Crippen LogP contribution in [-0.2, 0) is 23.9 Å². The van der Waals surface area contributed by atoms with Crippen LogP contribution in [-0.4, -0.2) is 76.2 Å². The Balaban J connectivity index is 2.02. The van der Waals surface area contributed by atoms with Crippen molar-refractivity contribution in [3.63, 3.8) is 0 Å². The molecule has 3 fully saturated rings. The third kappa shape index (κ3) is 2.75. The third-order valence-corrected chi connectivity index (χ3v) is 6.21. The van der Waals surface area contributed by atoms with Gasteiger partial charge in [-0.2, -0.15) is 0 Å². The molecule has 6 atom stereocenters. The first-order valence-corrected chi connectivity index (χ1v) is 9.90. The number of ether oxygens (including phenoxy) is 2. The number of esters is 1. The number of amides is 2. The van der Waals surface area contributed by atoms with Gasteiger partial charge in [0.25, 0.3) is 0 Å². The lowest BCUT2D eigenvalue weighted by Crippen LogP contribution is -2.57. The number of nitrogens with zero attached hydrogens (tertiary/aromatic N) is 1. The van der Waals surface area contributed by atoms with Crippen LogP contribution in [0.1, 0.15) is 27.2 Å². The molecule has 3 aliphatic heterocycles. The second-order valence-electron chi connectivity index (χ2n) is 7.33. The Bertz CT molecular complexity index is 614. The monoisotopic (exact) mass is 432 g/mol. The molecule has 0 aromatic heterocycles. The number of nitrogens with one attached hydrogen (secondary N) is 1. The van der Waals surface area contributed by atoms with Crippen molar-refractivity contribution in [2.45, 2.75) is 55.8 Å². The van der Waals surface area contributed by atoms with E-state index in [-0.39, 0.29) is 42.4 Å². The Labute approximate surface area is 160 Å². The molecule has 1 spiro atoms. The van der Waals surface area contributed by atoms with E-state index in [0.717, 1.165) is 0 Å². The molecule has 8 nitrogen and oxygen atoms in total. The van der Waals surface area contributed by atoms with E-state index in [2.05, 4.69) is 21.2 Å². The van der Waals surface area contributed by atoms with Gasteiger partial charge >= 0.3 is 5.97 Å². The van der Waals surface area contributed by atoms with Crippen molar-refractivity contribution in [3.05, 3.63) is 0 Å². The number of carbonyl (C=O) groups is 3. The van der Waals surface area contributed by atoms with Crippen LogP contribution in [0.2, 0.25) is 0 Å². The molecular formula is C17H25BrN2O6. The topological polar surface area (TPSA) is 105 Å². The Morgan fingerprint density at radius 2 is 2.19 bits per heavy atom. The van der Waals surface area contributed by atoms with Gasteiger partial charge in [0.15, 0.2) is 0 Å². The van der Waals surface area contributed by atoms with E-state index in [0.29, 0.717) is 6.42 Å². The molecule has 2 bridgehead atoms. The van der Waals surface area contributed by atoms with Gasteiger partial charge in [-0.15, -0.1) is 0 Å². The van der Waals surface area contributed by atoms with Crippen molar-refractivity contribution >= 4 is 33.7 Å². The summed E-state index contributed by atoms with van der Waals surface area (Å²) in [6.07, 6.45) is -0.0594. The highest BCUT2D eigenvalue weighted by molar-refractivity contribution is 9.09. The fraction of sp³-hybridized carbons (Fsp3) is 0.824. The first kappa shape index (κ1) is 19.6. The van der Waals surface area contributed by atoms with E-state index in [9.17, 15) is 19.5 Å². The Kier molecular flexibility index (Phi) is 5.33. The Morgan fingerprint density at radius 3 is 2.77 bits per heavy atom. The number of likely N-dealkylation sites (tertiary alicyclic amines) is 1. The second-order valence-corrected chi connectivity index (χ2v) is 8.51. The normalized spacial score (nSPS) is 38.0. The molecule has 0 aromatic carbocycles. The number of aliphatic hydroxyl groups is 1. The van der Waals surface area contributed by atoms with E-state index < -0.39 is 35.6 Å². The minimum Gasteiger partial charge on any atom is -0.466 e. The van der Waals surface area contributed by atoms with Crippen LogP contribution >= 0.6 is 15.9 Å². The largest absolute Gasteiger partial charge is 0.466 e. The number of fused-ring (bicyclic) bond motifs is 1. The van der Waals surface area contributed by atoms with Gasteiger partial charge < -0.3 is 24.8 Å². The summed E-state index contributed by atoms with van der Waals surface area (Å²) in [5, 5.41) is 12.2. The number of β-amino-alcohol motifs (C(OH)–C–C–N with tert-alkyl or cyclic N) is 1. The van der Waals surface area contributed by atoms with Crippen molar-refractivity contribution in [2.75, 3.05) is 19.8 Å². The molecule has 0 aliphatic carbocycles. The van der Waals surface area contributed by atoms with E-state index in [1.807, 2.05) is 13.8 Å². The average molecular weight is 433 g/mol. The maximum Gasteiger partial charge on any atom is 0.312 e. The summed E-state index contributed by atoms with van der Waals surface area (Å²) in [6.45, 7) is 5.33. The van der Waals surface area contributed by atoms with Crippen LogP contribution in [0, 0.1) is 11.8 Å². The van der Waals surface area contributed by atoms with Crippen LogP contribution in [0.4, 0.5) is 0 Å². The fourth-order valence-electron chi connectivity index (χ4n) is 4.65. The lowest BCUT2D eigenvalue weighted by molar-refractivity contribution is -0.154. The van der Waals surface area contributed by atoms with Gasteiger partial charge in [-0.1, -0.05) is 15.9 Å². The summed E-state index contributed by atoms with van der Waals surface area (Å²) >= 11 is 3.55. The summed E-state index contributed by atoms with van der Waals surface area (Å²) < 4.78 is 11.4. The fourth-order valence-corrected chi connectivity index (χ4v) is 5.59. The zero-order valence-corrected chi connectivity index (χ0v) is 16.7. The van der Waals surface area contributed by atoms with Crippen LogP contribution < -0.4 is 5.32 Å². The lowest BCUT2D eigenvalue weighted by Gasteiger charge is -2.34. The molecule has 0 saturated carbocycles. The predicted molar refractivity (Wildman–Crippen MR) is 94.4 cm³/mol. The maximum atomic E-state index is 13.1. The van der Waals surface area contributed by atoms with Gasteiger partial charge in [0, 0.05) is 17.4 Å². The van der Waals surface area contributed by atoms with Crippen LogP contribution in [0.15, 0.2) is 0 Å². The van der Waals surface area contributed by atoms with Crippen molar-refractivity contribution in [3.8, 4) is 0 Å². The third-order valence-electron chi connectivity index (χ3n) is 5.37. The minimum absolute atomic E-state index is 0.0176. The summed E-state index contributed by atoms with van der Waals surface area (Å²) in [5.74, 6) is -2.65. The van der Waals surface area contributed by atoms with Gasteiger partial charge in [0.2, 0.25) is 11.8 Å². The summed E-state index contributed by atoms with van der Waals surface area (Å²) in [4.78, 5) is 39.8. The predicted octanol–water partition coefficient (Wildman–Crippen LogP) is -0.186. The smallest absolute Gasteiger partial charge is 0.312 e. The molecule has 3 aliphatic rings. The van der Waals surface area contributed by atoms with Gasteiger partial charge in [-0.05, 0) is 27.2 Å².